The van der Waals surface area contributed by atoms with Gasteiger partial charge in [0.15, 0.2) is 0 Å². The predicted molar refractivity (Wildman–Crippen MR) is 52.5 cm³/mol. The van der Waals surface area contributed by atoms with Crippen molar-refractivity contribution in [2.75, 3.05) is 26.5 Å². The van der Waals surface area contributed by atoms with E-state index in [9.17, 15) is 13.2 Å². The van der Waals surface area contributed by atoms with E-state index >= 15 is 0 Å². The van der Waals surface area contributed by atoms with Crippen LogP contribution in [0.25, 0.3) is 0 Å². The average Bonchev–Trinajstić information content (AvgIpc) is 2.08. The Balaban J connectivity index is 3.42. The maximum Gasteiger partial charge on any atom is 0.441 e. The number of ether oxygens (including phenoxy) is 1. The number of halogens is 3. The number of alkyl halides is 3. The molecule has 0 radical (unpaired) electrons. The molecule has 0 saturated heterocycles. The van der Waals surface area contributed by atoms with E-state index in [0.29, 0.717) is 19.4 Å². The van der Waals surface area contributed by atoms with Crippen molar-refractivity contribution >= 4 is 11.8 Å². The van der Waals surface area contributed by atoms with Crippen molar-refractivity contribution in [1.29, 1.82) is 0 Å². The summed E-state index contributed by atoms with van der Waals surface area (Å²) in [7, 11) is 3.36. The first-order chi connectivity index (χ1) is 6.49. The Bertz CT molecular complexity index is 143. The highest BCUT2D eigenvalue weighted by Gasteiger charge is 2.27. The van der Waals surface area contributed by atoms with E-state index in [-0.39, 0.29) is 23.6 Å². The fourth-order valence-corrected chi connectivity index (χ4v) is 1.57. The van der Waals surface area contributed by atoms with Gasteiger partial charge in [0.2, 0.25) is 0 Å². The van der Waals surface area contributed by atoms with Crippen LogP contribution in [0, 0.1) is 0 Å². The largest absolute Gasteiger partial charge is 0.441 e. The van der Waals surface area contributed by atoms with Crippen LogP contribution in [-0.2, 0) is 4.74 Å². The smallest absolute Gasteiger partial charge is 0.383 e. The van der Waals surface area contributed by atoms with Crippen molar-refractivity contribution in [1.82, 2.24) is 5.32 Å². The minimum absolute atomic E-state index is 0.0355. The minimum atomic E-state index is -4.10. The molecule has 0 aliphatic rings. The minimum Gasteiger partial charge on any atom is -0.383 e. The van der Waals surface area contributed by atoms with E-state index in [1.807, 2.05) is 0 Å². The van der Waals surface area contributed by atoms with Crippen LogP contribution < -0.4 is 5.32 Å². The maximum atomic E-state index is 11.7. The lowest BCUT2D eigenvalue weighted by Crippen LogP contribution is -2.29. The summed E-state index contributed by atoms with van der Waals surface area (Å²) >= 11 is 0.0355. The lowest BCUT2D eigenvalue weighted by Gasteiger charge is -2.14. The summed E-state index contributed by atoms with van der Waals surface area (Å²) < 4.78 is 40.1. The highest BCUT2D eigenvalue weighted by Crippen LogP contribution is 2.30. The van der Waals surface area contributed by atoms with Crippen LogP contribution in [0.1, 0.15) is 12.8 Å². The van der Waals surface area contributed by atoms with E-state index in [2.05, 4.69) is 5.32 Å². The van der Waals surface area contributed by atoms with E-state index in [1.54, 1.807) is 14.2 Å². The van der Waals surface area contributed by atoms with Crippen molar-refractivity contribution in [2.24, 2.45) is 0 Å². The summed E-state index contributed by atoms with van der Waals surface area (Å²) in [6, 6.07) is 0.147. The Morgan fingerprint density at radius 2 is 2.07 bits per heavy atom. The summed E-state index contributed by atoms with van der Waals surface area (Å²) in [4.78, 5) is 0. The maximum absolute atomic E-state index is 11.7. The quantitative estimate of drug-likeness (QED) is 0.679. The molecule has 1 N–H and O–H groups in total. The first kappa shape index (κ1) is 14.1. The summed E-state index contributed by atoms with van der Waals surface area (Å²) in [5.41, 5.74) is -4.10. The molecule has 14 heavy (non-hydrogen) atoms. The number of hydrogen-bond donors (Lipinski definition) is 1. The predicted octanol–water partition coefficient (Wildman–Crippen LogP) is 2.25. The van der Waals surface area contributed by atoms with Gasteiger partial charge < -0.3 is 10.1 Å². The van der Waals surface area contributed by atoms with E-state index < -0.39 is 5.51 Å². The van der Waals surface area contributed by atoms with Gasteiger partial charge in [-0.2, -0.15) is 13.2 Å². The van der Waals surface area contributed by atoms with E-state index in [4.69, 9.17) is 4.74 Å². The van der Waals surface area contributed by atoms with Crippen LogP contribution >= 0.6 is 11.8 Å². The van der Waals surface area contributed by atoms with E-state index in [1.165, 1.54) is 0 Å². The second-order valence-electron chi connectivity index (χ2n) is 2.88. The van der Waals surface area contributed by atoms with Crippen LogP contribution in [0.2, 0.25) is 0 Å². The molecule has 0 aliphatic heterocycles. The first-order valence-electron chi connectivity index (χ1n) is 4.36. The molecule has 0 fully saturated rings. The lowest BCUT2D eigenvalue weighted by atomic mass is 10.2. The van der Waals surface area contributed by atoms with Gasteiger partial charge in [-0.3, -0.25) is 0 Å². The molecular weight excluding hydrogens is 215 g/mol. The first-order valence-corrected chi connectivity index (χ1v) is 5.35. The Labute approximate surface area is 86.6 Å². The van der Waals surface area contributed by atoms with Crippen molar-refractivity contribution in [3.63, 3.8) is 0 Å². The van der Waals surface area contributed by atoms with Gasteiger partial charge in [-0.1, -0.05) is 11.8 Å². The van der Waals surface area contributed by atoms with Crippen molar-refractivity contribution in [3.8, 4) is 0 Å². The van der Waals surface area contributed by atoms with Crippen molar-refractivity contribution in [2.45, 2.75) is 24.4 Å². The summed E-state index contributed by atoms with van der Waals surface area (Å²) in [6.07, 6.45) is 1.24. The van der Waals surface area contributed by atoms with Crippen LogP contribution in [0.15, 0.2) is 0 Å². The number of methoxy groups -OCH3 is 1. The lowest BCUT2D eigenvalue weighted by molar-refractivity contribution is -0.0328. The Hall–Kier alpha value is 0.0600. The third-order valence-corrected chi connectivity index (χ3v) is 2.56. The van der Waals surface area contributed by atoms with Gasteiger partial charge in [0.05, 0.1) is 6.61 Å². The van der Waals surface area contributed by atoms with E-state index in [0.717, 1.165) is 0 Å². The Morgan fingerprint density at radius 1 is 1.43 bits per heavy atom. The molecule has 0 amide bonds. The Morgan fingerprint density at radius 3 is 2.50 bits per heavy atom. The fourth-order valence-electron chi connectivity index (χ4n) is 1.03. The topological polar surface area (TPSA) is 21.3 Å². The molecule has 0 aliphatic carbocycles. The standard InChI is InChI=1S/C8H16F3NOS/c1-12-7(6-13-2)4-3-5-14-8(9,10)11/h7,12H,3-6H2,1-2H3. The third kappa shape index (κ3) is 8.65. The molecule has 0 aromatic carbocycles. The monoisotopic (exact) mass is 231 g/mol. The van der Waals surface area contributed by atoms with Crippen LogP contribution in [0.5, 0.6) is 0 Å². The fraction of sp³-hybridized carbons (Fsp3) is 1.00. The molecule has 2 nitrogen and oxygen atoms in total. The molecule has 0 rings (SSSR count). The molecular formula is C8H16F3NOS. The zero-order valence-electron chi connectivity index (χ0n) is 8.36. The summed E-state index contributed by atoms with van der Waals surface area (Å²) in [6.45, 7) is 0.535. The summed E-state index contributed by atoms with van der Waals surface area (Å²) in [5.74, 6) is 0.116. The normalized spacial score (nSPS) is 14.4. The molecule has 1 unspecified atom stereocenters. The van der Waals surface area contributed by atoms with Crippen molar-refractivity contribution < 1.29 is 17.9 Å². The molecule has 6 heteroatoms. The van der Waals surface area contributed by atoms with Crippen LogP contribution in [0.3, 0.4) is 0 Å². The highest BCUT2D eigenvalue weighted by atomic mass is 32.2. The average molecular weight is 231 g/mol. The van der Waals surface area contributed by atoms with Gasteiger partial charge in [0, 0.05) is 18.9 Å². The van der Waals surface area contributed by atoms with Crippen LogP contribution in [-0.4, -0.2) is 38.1 Å². The molecule has 0 bridgehead atoms. The van der Waals surface area contributed by atoms with Gasteiger partial charge in [-0.25, -0.2) is 0 Å². The molecule has 0 heterocycles. The molecule has 0 aromatic rings. The second kappa shape index (κ2) is 7.36. The number of rotatable bonds is 7. The van der Waals surface area contributed by atoms with Gasteiger partial charge in [0.1, 0.15) is 0 Å². The Kier molecular flexibility index (Phi) is 7.40. The van der Waals surface area contributed by atoms with Gasteiger partial charge >= 0.3 is 5.51 Å². The van der Waals surface area contributed by atoms with Gasteiger partial charge in [0.25, 0.3) is 0 Å². The summed E-state index contributed by atoms with van der Waals surface area (Å²) in [5, 5.41) is 2.99. The zero-order chi connectivity index (χ0) is 11.0. The van der Waals surface area contributed by atoms with Gasteiger partial charge in [-0.05, 0) is 19.9 Å². The molecule has 0 saturated carbocycles. The highest BCUT2D eigenvalue weighted by molar-refractivity contribution is 8.00. The van der Waals surface area contributed by atoms with Crippen LogP contribution in [0.4, 0.5) is 13.2 Å². The third-order valence-electron chi connectivity index (χ3n) is 1.74. The SMILES string of the molecule is CNC(CCCSC(F)(F)F)COC. The number of hydrogen-bond acceptors (Lipinski definition) is 3. The molecule has 1 atom stereocenters. The number of nitrogens with one attached hydrogen (secondary N) is 1. The van der Waals surface area contributed by atoms with Crippen molar-refractivity contribution in [3.05, 3.63) is 0 Å². The second-order valence-corrected chi connectivity index (χ2v) is 4.04. The number of thioether (sulfide) groups is 1. The molecule has 86 valence electrons. The molecule has 0 spiro atoms. The number of likely N-dealkylation sites (N-methyl/N-ethyl adjacent to an activating group) is 1. The zero-order valence-corrected chi connectivity index (χ0v) is 9.17. The molecule has 0 aromatic heterocycles. The van der Waals surface area contributed by atoms with Gasteiger partial charge in [-0.15, -0.1) is 0 Å².